The molecular formula is C22H31N3O3. The zero-order chi connectivity index (χ0) is 19.7. The first-order valence-corrected chi connectivity index (χ1v) is 10.5. The van der Waals surface area contributed by atoms with Crippen molar-refractivity contribution in [3.8, 4) is 0 Å². The number of piperidine rings is 1. The summed E-state index contributed by atoms with van der Waals surface area (Å²) in [6.45, 7) is 6.44. The van der Waals surface area contributed by atoms with Gasteiger partial charge >= 0.3 is 0 Å². The number of carbonyl (C=O) groups excluding carboxylic acids is 2. The predicted octanol–water partition coefficient (Wildman–Crippen LogP) is 1.78. The molecule has 6 heteroatoms. The lowest BCUT2D eigenvalue weighted by Crippen LogP contribution is -2.48. The molecule has 6 nitrogen and oxygen atoms in total. The molecule has 4 rings (SSSR count). The smallest absolute Gasteiger partial charge is 0.248 e. The first-order chi connectivity index (χ1) is 13.5. The van der Waals surface area contributed by atoms with Crippen LogP contribution < -0.4 is 4.90 Å². The van der Waals surface area contributed by atoms with Gasteiger partial charge in [0.2, 0.25) is 11.8 Å². The van der Waals surface area contributed by atoms with Gasteiger partial charge in [-0.3, -0.25) is 9.59 Å². The highest BCUT2D eigenvalue weighted by molar-refractivity contribution is 5.98. The van der Waals surface area contributed by atoms with E-state index >= 15 is 0 Å². The molecule has 0 N–H and O–H groups in total. The molecule has 0 saturated carbocycles. The third-order valence-corrected chi connectivity index (χ3v) is 6.86. The summed E-state index contributed by atoms with van der Waals surface area (Å²) >= 11 is 0. The van der Waals surface area contributed by atoms with E-state index in [9.17, 15) is 9.59 Å². The fourth-order valence-electron chi connectivity index (χ4n) is 5.11. The summed E-state index contributed by atoms with van der Waals surface area (Å²) in [4.78, 5) is 32.5. The molecule has 152 valence electrons. The molecule has 0 radical (unpaired) electrons. The minimum Gasteiger partial charge on any atom is -0.372 e. The third kappa shape index (κ3) is 3.44. The molecule has 1 unspecified atom stereocenters. The molecule has 0 aliphatic carbocycles. The molecule has 3 aliphatic heterocycles. The molecule has 2 saturated heterocycles. The van der Waals surface area contributed by atoms with Gasteiger partial charge in [-0.2, -0.15) is 0 Å². The van der Waals surface area contributed by atoms with Crippen LogP contribution >= 0.6 is 0 Å². The minimum absolute atomic E-state index is 0.0114. The van der Waals surface area contributed by atoms with Gasteiger partial charge in [-0.05, 0) is 58.0 Å². The summed E-state index contributed by atoms with van der Waals surface area (Å²) < 4.78 is 5.35. The molecule has 3 heterocycles. The maximum Gasteiger partial charge on any atom is 0.248 e. The maximum atomic E-state index is 13.7. The number of hydrogen-bond acceptors (Lipinski definition) is 4. The molecule has 0 bridgehead atoms. The van der Waals surface area contributed by atoms with Crippen LogP contribution in [0, 0.1) is 11.3 Å². The zero-order valence-electron chi connectivity index (χ0n) is 17.0. The Bertz CT molecular complexity index is 742. The van der Waals surface area contributed by atoms with Crippen LogP contribution in [0.2, 0.25) is 0 Å². The lowest BCUT2D eigenvalue weighted by atomic mass is 9.70. The Hall–Kier alpha value is -1.92. The van der Waals surface area contributed by atoms with Crippen molar-refractivity contribution in [2.45, 2.75) is 26.2 Å². The van der Waals surface area contributed by atoms with E-state index in [4.69, 9.17) is 4.74 Å². The van der Waals surface area contributed by atoms with Crippen LogP contribution in [0.4, 0.5) is 5.69 Å². The lowest BCUT2D eigenvalue weighted by molar-refractivity contribution is -0.135. The van der Waals surface area contributed by atoms with E-state index in [1.54, 1.807) is 0 Å². The van der Waals surface area contributed by atoms with Crippen LogP contribution in [0.5, 0.6) is 0 Å². The number of anilines is 1. The van der Waals surface area contributed by atoms with E-state index < -0.39 is 0 Å². The van der Waals surface area contributed by atoms with Crippen molar-refractivity contribution in [1.29, 1.82) is 0 Å². The third-order valence-electron chi connectivity index (χ3n) is 6.86. The molecule has 28 heavy (non-hydrogen) atoms. The highest BCUT2D eigenvalue weighted by Gasteiger charge is 2.53. The average Bonchev–Trinajstić information content (AvgIpc) is 3.30. The van der Waals surface area contributed by atoms with Gasteiger partial charge in [0.05, 0.1) is 5.92 Å². The van der Waals surface area contributed by atoms with Crippen LogP contribution in [0.1, 0.15) is 25.3 Å². The van der Waals surface area contributed by atoms with Gasteiger partial charge in [0.25, 0.3) is 0 Å². The topological polar surface area (TPSA) is 53.1 Å². The second-order valence-corrected chi connectivity index (χ2v) is 8.50. The number of ether oxygens (including phenoxy) is 1. The summed E-state index contributed by atoms with van der Waals surface area (Å²) in [6.07, 6.45) is 2.85. The second kappa shape index (κ2) is 7.84. The van der Waals surface area contributed by atoms with Crippen LogP contribution in [-0.2, 0) is 20.7 Å². The Morgan fingerprint density at radius 1 is 1.18 bits per heavy atom. The van der Waals surface area contributed by atoms with E-state index in [0.29, 0.717) is 19.7 Å². The molecule has 2 fully saturated rings. The highest BCUT2D eigenvalue weighted by atomic mass is 16.5. The summed E-state index contributed by atoms with van der Waals surface area (Å²) in [5.74, 6) is 0.0800. The number of likely N-dealkylation sites (tertiary alicyclic amines) is 2. The summed E-state index contributed by atoms with van der Waals surface area (Å²) in [6, 6.07) is 8.20. The fraction of sp³-hybridized carbons (Fsp3) is 0.636. The van der Waals surface area contributed by atoms with Gasteiger partial charge < -0.3 is 19.4 Å². The number of nitrogens with zero attached hydrogens (tertiary/aromatic N) is 3. The molecule has 2 amide bonds. The molecule has 1 aromatic rings. The number of benzene rings is 1. The zero-order valence-corrected chi connectivity index (χ0v) is 17.0. The van der Waals surface area contributed by atoms with E-state index in [1.807, 2.05) is 28.9 Å². The number of para-hydroxylation sites is 1. The van der Waals surface area contributed by atoms with Crippen molar-refractivity contribution in [3.05, 3.63) is 29.8 Å². The number of rotatable bonds is 4. The number of fused-ring (bicyclic) bond motifs is 1. The monoisotopic (exact) mass is 385 g/mol. The number of carbonyl (C=O) groups is 2. The Morgan fingerprint density at radius 3 is 2.68 bits per heavy atom. The van der Waals surface area contributed by atoms with Crippen molar-refractivity contribution in [1.82, 2.24) is 9.80 Å². The Labute approximate surface area is 167 Å². The van der Waals surface area contributed by atoms with Crippen LogP contribution in [0.3, 0.4) is 0 Å². The normalized spacial score (nSPS) is 24.0. The molecule has 0 aromatic heterocycles. The SMILES string of the molecule is CCOCC(=O)N1CC(C(=O)N2CCc3ccccc32)C2(CCN(C)CC2)C1. The maximum absolute atomic E-state index is 13.7. The van der Waals surface area contributed by atoms with E-state index in [-0.39, 0.29) is 29.8 Å². The fourth-order valence-corrected chi connectivity index (χ4v) is 5.11. The Kier molecular flexibility index (Phi) is 5.43. The largest absolute Gasteiger partial charge is 0.372 e. The highest BCUT2D eigenvalue weighted by Crippen LogP contribution is 2.46. The van der Waals surface area contributed by atoms with Gasteiger partial charge in [-0.15, -0.1) is 0 Å². The summed E-state index contributed by atoms with van der Waals surface area (Å²) in [7, 11) is 2.13. The summed E-state index contributed by atoms with van der Waals surface area (Å²) in [5.41, 5.74) is 2.19. The Balaban J connectivity index is 1.58. The minimum atomic E-state index is -0.127. The van der Waals surface area contributed by atoms with Gasteiger partial charge in [0.15, 0.2) is 0 Å². The van der Waals surface area contributed by atoms with Crippen molar-refractivity contribution in [3.63, 3.8) is 0 Å². The van der Waals surface area contributed by atoms with Gasteiger partial charge in [-0.25, -0.2) is 0 Å². The number of hydrogen-bond donors (Lipinski definition) is 0. The van der Waals surface area contributed by atoms with Crippen LogP contribution in [0.15, 0.2) is 24.3 Å². The quantitative estimate of drug-likeness (QED) is 0.793. The first-order valence-electron chi connectivity index (χ1n) is 10.5. The van der Waals surface area contributed by atoms with Crippen molar-refractivity contribution < 1.29 is 14.3 Å². The average molecular weight is 386 g/mol. The van der Waals surface area contributed by atoms with Crippen LogP contribution in [0.25, 0.3) is 0 Å². The van der Waals surface area contributed by atoms with Gasteiger partial charge in [-0.1, -0.05) is 18.2 Å². The summed E-state index contributed by atoms with van der Waals surface area (Å²) in [5, 5.41) is 0. The predicted molar refractivity (Wildman–Crippen MR) is 108 cm³/mol. The van der Waals surface area contributed by atoms with Crippen molar-refractivity contribution in [2.24, 2.45) is 11.3 Å². The Morgan fingerprint density at radius 2 is 1.93 bits per heavy atom. The lowest BCUT2D eigenvalue weighted by Gasteiger charge is -2.41. The second-order valence-electron chi connectivity index (χ2n) is 8.50. The van der Waals surface area contributed by atoms with E-state index in [1.165, 1.54) is 5.56 Å². The van der Waals surface area contributed by atoms with Gasteiger partial charge in [0.1, 0.15) is 6.61 Å². The molecule has 1 aromatic carbocycles. The molecule has 1 spiro atoms. The van der Waals surface area contributed by atoms with Gasteiger partial charge in [0, 0.05) is 37.3 Å². The standard InChI is InChI=1S/C22H31N3O3/c1-3-28-15-20(26)24-14-18(22(16-24)9-12-23(2)13-10-22)21(27)25-11-8-17-6-4-5-7-19(17)25/h4-7,18H,3,8-16H2,1-2H3. The van der Waals surface area contributed by atoms with E-state index in [2.05, 4.69) is 24.1 Å². The molecule has 3 aliphatic rings. The number of amides is 2. The first kappa shape index (κ1) is 19.4. The molecule has 1 atom stereocenters. The van der Waals surface area contributed by atoms with E-state index in [0.717, 1.165) is 44.6 Å². The van der Waals surface area contributed by atoms with Crippen molar-refractivity contribution >= 4 is 17.5 Å². The van der Waals surface area contributed by atoms with Crippen LogP contribution in [-0.4, -0.2) is 74.6 Å². The molecular weight excluding hydrogens is 354 g/mol. The van der Waals surface area contributed by atoms with Crippen molar-refractivity contribution in [2.75, 3.05) is 57.9 Å².